The summed E-state index contributed by atoms with van der Waals surface area (Å²) in [5.74, 6) is 0. The Morgan fingerprint density at radius 3 is 1.30 bits per heavy atom. The molecule has 0 aliphatic heterocycles. The molecule has 0 aromatic carbocycles. The number of halogens is 3. The molecular weight excluding hydrogens is 225 g/mol. The third-order valence-corrected chi connectivity index (χ3v) is 0.850. The standard InChI is InChI=1S/CHF3O3S.CH3.Cu/c2-1(3,4)8(5,6)7;;/h(H,5,6,7);1H3;/q;-1;+2/p-1. The quantitative estimate of drug-likeness (QED) is 0.262. The zero-order valence-electron chi connectivity index (χ0n) is 4.57. The predicted molar refractivity (Wildman–Crippen MR) is 22.2 cm³/mol. The number of alkyl halides is 3. The van der Waals surface area contributed by atoms with Gasteiger partial charge in [-0.15, -0.1) is 0 Å². The van der Waals surface area contributed by atoms with E-state index in [4.69, 9.17) is 13.0 Å². The van der Waals surface area contributed by atoms with Gasteiger partial charge in [-0.2, -0.15) is 13.2 Å². The Labute approximate surface area is 66.8 Å². The van der Waals surface area contributed by atoms with E-state index in [-0.39, 0.29) is 24.5 Å². The molecule has 0 saturated carbocycles. The maximum Gasteiger partial charge on any atom is 2.00 e. The summed E-state index contributed by atoms with van der Waals surface area (Å²) in [6.45, 7) is 0. The summed E-state index contributed by atoms with van der Waals surface area (Å²) in [6, 6.07) is 0. The Hall–Kier alpha value is 0.219. The van der Waals surface area contributed by atoms with Crippen molar-refractivity contribution < 1.29 is 43.2 Å². The Morgan fingerprint density at radius 2 is 1.30 bits per heavy atom. The summed E-state index contributed by atoms with van der Waals surface area (Å²) in [5.41, 5.74) is -5.65. The first-order chi connectivity index (χ1) is 3.25. The molecule has 0 atom stereocenters. The van der Waals surface area contributed by atoms with Crippen molar-refractivity contribution in [3.8, 4) is 0 Å². The van der Waals surface area contributed by atoms with Gasteiger partial charge in [-0.3, -0.25) is 0 Å². The van der Waals surface area contributed by atoms with Gasteiger partial charge in [0.05, 0.1) is 0 Å². The minimum absolute atomic E-state index is 0. The molecule has 0 spiro atoms. The normalized spacial score (nSPS) is 11.2. The van der Waals surface area contributed by atoms with E-state index in [0.29, 0.717) is 0 Å². The van der Waals surface area contributed by atoms with E-state index in [2.05, 4.69) is 0 Å². The van der Waals surface area contributed by atoms with Crippen LogP contribution in [0.1, 0.15) is 0 Å². The van der Waals surface area contributed by atoms with Gasteiger partial charge in [-0.1, -0.05) is 0 Å². The van der Waals surface area contributed by atoms with Gasteiger partial charge < -0.3 is 12.0 Å². The average Bonchev–Trinajstić information content (AvgIpc) is 1.25. The van der Waals surface area contributed by atoms with E-state index >= 15 is 0 Å². The van der Waals surface area contributed by atoms with Crippen molar-refractivity contribution in [3.63, 3.8) is 0 Å². The molecule has 67 valence electrons. The van der Waals surface area contributed by atoms with Crippen LogP contribution in [0.3, 0.4) is 0 Å². The van der Waals surface area contributed by atoms with Crippen LogP contribution in [0.2, 0.25) is 0 Å². The van der Waals surface area contributed by atoms with Crippen LogP contribution in [0, 0.1) is 7.43 Å². The first-order valence-corrected chi connectivity index (χ1v) is 2.68. The summed E-state index contributed by atoms with van der Waals surface area (Å²) in [6.07, 6.45) is 0. The van der Waals surface area contributed by atoms with Gasteiger partial charge in [0.1, 0.15) is 0 Å². The minimum Gasteiger partial charge on any atom is -0.741 e. The summed E-state index contributed by atoms with van der Waals surface area (Å²) >= 11 is 0. The first-order valence-electron chi connectivity index (χ1n) is 1.27. The summed E-state index contributed by atoms with van der Waals surface area (Å²) in [4.78, 5) is 0. The molecule has 0 bridgehead atoms. The largest absolute Gasteiger partial charge is 2.00 e. The van der Waals surface area contributed by atoms with E-state index in [0.717, 1.165) is 0 Å². The number of hydrogen-bond donors (Lipinski definition) is 0. The Morgan fingerprint density at radius 1 is 1.20 bits per heavy atom. The maximum atomic E-state index is 10.7. The van der Waals surface area contributed by atoms with Crippen LogP contribution in [0.5, 0.6) is 0 Å². The van der Waals surface area contributed by atoms with E-state index in [9.17, 15) is 13.2 Å². The molecule has 1 radical (unpaired) electrons. The van der Waals surface area contributed by atoms with E-state index in [1.54, 1.807) is 0 Å². The Kier molecular flexibility index (Phi) is 6.95. The molecule has 0 aromatic rings. The molecule has 3 nitrogen and oxygen atoms in total. The van der Waals surface area contributed by atoms with Crippen molar-refractivity contribution in [2.24, 2.45) is 0 Å². The number of rotatable bonds is 0. The zero-order valence-corrected chi connectivity index (χ0v) is 6.33. The molecule has 0 aliphatic rings. The average molecular weight is 228 g/mol. The van der Waals surface area contributed by atoms with E-state index in [1.807, 2.05) is 0 Å². The second-order valence-corrected chi connectivity index (χ2v) is 2.27. The second-order valence-electron chi connectivity index (χ2n) is 0.900. The van der Waals surface area contributed by atoms with Crippen molar-refractivity contribution >= 4 is 10.1 Å². The molecule has 0 rings (SSSR count). The molecular formula is C2H3CuF3O3S. The molecule has 0 unspecified atom stereocenters. The Bertz CT molecular complexity index is 171. The van der Waals surface area contributed by atoms with Gasteiger partial charge in [0.2, 0.25) is 0 Å². The van der Waals surface area contributed by atoms with Crippen LogP contribution in [0.25, 0.3) is 0 Å². The van der Waals surface area contributed by atoms with Gasteiger partial charge >= 0.3 is 22.6 Å². The van der Waals surface area contributed by atoms with Crippen LogP contribution in [-0.2, 0) is 27.2 Å². The van der Waals surface area contributed by atoms with Crippen molar-refractivity contribution in [2.75, 3.05) is 0 Å². The predicted octanol–water partition coefficient (Wildman–Crippen LogP) is 0.499. The topological polar surface area (TPSA) is 57.2 Å². The van der Waals surface area contributed by atoms with Gasteiger partial charge in [-0.05, 0) is 0 Å². The van der Waals surface area contributed by atoms with Crippen LogP contribution < -0.4 is 0 Å². The summed E-state index contributed by atoms with van der Waals surface area (Å²) in [5, 5.41) is 0. The van der Waals surface area contributed by atoms with Gasteiger partial charge in [0.25, 0.3) is 0 Å². The Balaban J connectivity index is -0.000000245. The van der Waals surface area contributed by atoms with E-state index < -0.39 is 15.6 Å². The van der Waals surface area contributed by atoms with Gasteiger partial charge in [0.15, 0.2) is 10.1 Å². The third-order valence-electron chi connectivity index (χ3n) is 0.283. The second kappa shape index (κ2) is 4.17. The van der Waals surface area contributed by atoms with Crippen molar-refractivity contribution in [2.45, 2.75) is 5.51 Å². The number of hydrogen-bond acceptors (Lipinski definition) is 3. The van der Waals surface area contributed by atoms with E-state index in [1.165, 1.54) is 0 Å². The SMILES string of the molecule is O=S(=O)([O-])C(F)(F)F.[CH3-].[Cu+2]. The molecule has 0 aromatic heterocycles. The van der Waals surface area contributed by atoms with Crippen LogP contribution in [-0.4, -0.2) is 18.5 Å². The van der Waals surface area contributed by atoms with Gasteiger partial charge in [0, 0.05) is 0 Å². The molecule has 0 N–H and O–H groups in total. The molecule has 0 heterocycles. The smallest absolute Gasteiger partial charge is 0.741 e. The molecule has 0 saturated heterocycles. The third kappa shape index (κ3) is 5.04. The van der Waals surface area contributed by atoms with Gasteiger partial charge in [-0.25, -0.2) is 8.42 Å². The molecule has 0 fully saturated rings. The molecule has 0 aliphatic carbocycles. The van der Waals surface area contributed by atoms with Crippen molar-refractivity contribution in [3.05, 3.63) is 7.43 Å². The summed E-state index contributed by atoms with van der Waals surface area (Å²) < 4.78 is 58.9. The van der Waals surface area contributed by atoms with Crippen LogP contribution in [0.4, 0.5) is 13.2 Å². The first kappa shape index (κ1) is 16.7. The molecule has 8 heteroatoms. The molecule has 10 heavy (non-hydrogen) atoms. The summed E-state index contributed by atoms with van der Waals surface area (Å²) in [7, 11) is -6.09. The zero-order chi connectivity index (χ0) is 7.00. The monoisotopic (exact) mass is 227 g/mol. The fourth-order valence-electron chi connectivity index (χ4n) is 0. The minimum atomic E-state index is -6.09. The fourth-order valence-corrected chi connectivity index (χ4v) is 0. The maximum absolute atomic E-state index is 10.7. The fraction of sp³-hybridized carbons (Fsp3) is 0.500. The van der Waals surface area contributed by atoms with Crippen LogP contribution in [0.15, 0.2) is 0 Å². The van der Waals surface area contributed by atoms with Crippen molar-refractivity contribution in [1.82, 2.24) is 0 Å². The van der Waals surface area contributed by atoms with Crippen LogP contribution >= 0.6 is 0 Å². The van der Waals surface area contributed by atoms with Crippen molar-refractivity contribution in [1.29, 1.82) is 0 Å². The molecule has 0 amide bonds.